The molecule has 0 radical (unpaired) electrons. The lowest BCUT2D eigenvalue weighted by Crippen LogP contribution is -2.11. The number of carbonyl (C=O) groups is 1. The van der Waals surface area contributed by atoms with Gasteiger partial charge in [-0.3, -0.25) is 10.2 Å². The molecule has 0 aliphatic carbocycles. The monoisotopic (exact) mass is 420 g/mol. The number of nitrogens with one attached hydrogen (secondary N) is 1. The maximum atomic E-state index is 12.6. The van der Waals surface area contributed by atoms with E-state index in [4.69, 9.17) is 10.1 Å². The molecule has 0 amide bonds. The molecule has 0 spiro atoms. The molecule has 0 unspecified atom stereocenters. The molecule has 3 rings (SSSR count). The van der Waals surface area contributed by atoms with Gasteiger partial charge in [-0.05, 0) is 39.7 Å². The number of benzene rings is 1. The van der Waals surface area contributed by atoms with Crippen LogP contribution in [0.2, 0.25) is 0 Å². The van der Waals surface area contributed by atoms with Crippen LogP contribution in [0.1, 0.15) is 16.5 Å². The Morgan fingerprint density at radius 3 is 2.96 bits per heavy atom. The zero-order valence-corrected chi connectivity index (χ0v) is 15.7. The fraction of sp³-hybridized carbons (Fsp3) is 0.118. The average molecular weight is 421 g/mol. The van der Waals surface area contributed by atoms with Crippen molar-refractivity contribution in [2.75, 3.05) is 6.61 Å². The van der Waals surface area contributed by atoms with E-state index in [1.165, 1.54) is 23.1 Å². The third kappa shape index (κ3) is 3.53. The van der Waals surface area contributed by atoms with Crippen LogP contribution in [0.3, 0.4) is 0 Å². The van der Waals surface area contributed by atoms with Crippen LogP contribution in [0.5, 0.6) is 5.75 Å². The Morgan fingerprint density at radius 1 is 1.46 bits per heavy atom. The zero-order valence-electron chi connectivity index (χ0n) is 12.5. The molecule has 1 aromatic carbocycles. The summed E-state index contributed by atoms with van der Waals surface area (Å²) in [4.78, 5) is 17.3. The third-order valence-corrected chi connectivity index (χ3v) is 5.75. The highest BCUT2D eigenvalue weighted by molar-refractivity contribution is 9.10. The van der Waals surface area contributed by atoms with E-state index in [1.807, 2.05) is 23.6 Å². The van der Waals surface area contributed by atoms with Crippen LogP contribution in [0, 0.1) is 5.41 Å². The molecule has 1 aliphatic rings. The van der Waals surface area contributed by atoms with Gasteiger partial charge in [0.2, 0.25) is 0 Å². The molecule has 1 N–H and O–H groups in total. The van der Waals surface area contributed by atoms with E-state index in [9.17, 15) is 4.79 Å². The van der Waals surface area contributed by atoms with E-state index < -0.39 is 5.92 Å². The maximum Gasteiger partial charge on any atom is 0.186 e. The topological polar surface area (TPSA) is 63.0 Å². The van der Waals surface area contributed by atoms with E-state index in [2.05, 4.69) is 27.5 Å². The van der Waals surface area contributed by atoms with Crippen molar-refractivity contribution in [3.8, 4) is 5.75 Å². The molecule has 2 aromatic rings. The van der Waals surface area contributed by atoms with Gasteiger partial charge in [0.25, 0.3) is 0 Å². The highest BCUT2D eigenvalue weighted by atomic mass is 79.9. The fourth-order valence-electron chi connectivity index (χ4n) is 2.21. The van der Waals surface area contributed by atoms with Gasteiger partial charge in [0, 0.05) is 11.6 Å². The Balaban J connectivity index is 1.84. The Bertz CT molecular complexity index is 831. The van der Waals surface area contributed by atoms with Gasteiger partial charge < -0.3 is 4.74 Å². The number of ether oxygens (including phenoxy) is 1. The Kier molecular flexibility index (Phi) is 5.33. The molecule has 1 aromatic heterocycles. The molecule has 1 fully saturated rings. The third-order valence-electron chi connectivity index (χ3n) is 3.30. The standard InChI is InChI=1S/C17H13BrN2O2S2/c1-2-6-22-12-4-3-10(8-11(12)18)9-13-15(21)14(16(19)24-13)17-20-5-7-23-17/h2-5,7-9,14,19H,1,6H2/b13-9-,19-16?/t14-/m1/s1. The molecular weight excluding hydrogens is 408 g/mol. The molecular formula is C17H13BrN2O2S2. The van der Waals surface area contributed by atoms with Gasteiger partial charge in [-0.25, -0.2) is 4.98 Å². The summed E-state index contributed by atoms with van der Waals surface area (Å²) in [5.41, 5.74) is 0.872. The summed E-state index contributed by atoms with van der Waals surface area (Å²) in [6.07, 6.45) is 5.14. The molecule has 0 bridgehead atoms. The maximum absolute atomic E-state index is 12.6. The van der Waals surface area contributed by atoms with E-state index in [0.717, 1.165) is 15.8 Å². The van der Waals surface area contributed by atoms with Gasteiger partial charge in [0.15, 0.2) is 5.78 Å². The van der Waals surface area contributed by atoms with Crippen LogP contribution >= 0.6 is 39.0 Å². The van der Waals surface area contributed by atoms with Crippen LogP contribution < -0.4 is 4.74 Å². The minimum absolute atomic E-state index is 0.0666. The summed E-state index contributed by atoms with van der Waals surface area (Å²) in [6.45, 7) is 4.05. The molecule has 1 atom stereocenters. The largest absolute Gasteiger partial charge is 0.488 e. The molecule has 1 aliphatic heterocycles. The van der Waals surface area contributed by atoms with Crippen LogP contribution in [0.25, 0.3) is 6.08 Å². The second-order valence-electron chi connectivity index (χ2n) is 4.93. The number of thioether (sulfide) groups is 1. The fourth-order valence-corrected chi connectivity index (χ4v) is 4.53. The molecule has 2 heterocycles. The van der Waals surface area contributed by atoms with Crippen molar-refractivity contribution in [1.82, 2.24) is 4.98 Å². The molecule has 1 saturated heterocycles. The van der Waals surface area contributed by atoms with Gasteiger partial charge in [-0.1, -0.05) is 30.5 Å². The lowest BCUT2D eigenvalue weighted by Gasteiger charge is -2.06. The predicted octanol–water partition coefficient (Wildman–Crippen LogP) is 4.89. The molecule has 4 nitrogen and oxygen atoms in total. The highest BCUT2D eigenvalue weighted by Gasteiger charge is 2.38. The van der Waals surface area contributed by atoms with Crippen molar-refractivity contribution in [1.29, 1.82) is 5.41 Å². The average Bonchev–Trinajstić information content (AvgIpc) is 3.15. The number of hydrogen-bond donors (Lipinski definition) is 1. The van der Waals surface area contributed by atoms with Crippen molar-refractivity contribution < 1.29 is 9.53 Å². The van der Waals surface area contributed by atoms with Gasteiger partial charge in [0.05, 0.1) is 14.4 Å². The first-order valence-electron chi connectivity index (χ1n) is 7.05. The second-order valence-corrected chi connectivity index (χ2v) is 7.80. The van der Waals surface area contributed by atoms with Crippen molar-refractivity contribution in [2.45, 2.75) is 5.92 Å². The van der Waals surface area contributed by atoms with Gasteiger partial charge in [0.1, 0.15) is 23.3 Å². The smallest absolute Gasteiger partial charge is 0.186 e. The number of allylic oxidation sites excluding steroid dienone is 1. The van der Waals surface area contributed by atoms with E-state index in [0.29, 0.717) is 21.6 Å². The lowest BCUT2D eigenvalue weighted by molar-refractivity contribution is -0.114. The first-order valence-corrected chi connectivity index (χ1v) is 9.54. The van der Waals surface area contributed by atoms with Crippen LogP contribution in [0.15, 0.2) is 51.8 Å². The summed E-state index contributed by atoms with van der Waals surface area (Å²) < 4.78 is 6.32. The lowest BCUT2D eigenvalue weighted by atomic mass is 10.1. The quantitative estimate of drug-likeness (QED) is 0.552. The number of nitrogens with zero attached hydrogens (tertiary/aromatic N) is 1. The van der Waals surface area contributed by atoms with Crippen LogP contribution in [0.4, 0.5) is 0 Å². The number of thiazole rings is 1. The minimum Gasteiger partial charge on any atom is -0.488 e. The van der Waals surface area contributed by atoms with Crippen molar-refractivity contribution in [3.05, 3.63) is 62.4 Å². The molecule has 0 saturated carbocycles. The summed E-state index contributed by atoms with van der Waals surface area (Å²) in [6, 6.07) is 5.61. The Morgan fingerprint density at radius 2 is 2.29 bits per heavy atom. The molecule has 24 heavy (non-hydrogen) atoms. The molecule has 7 heteroatoms. The van der Waals surface area contributed by atoms with Crippen LogP contribution in [-0.2, 0) is 4.79 Å². The Labute approximate surface area is 156 Å². The zero-order chi connectivity index (χ0) is 17.1. The van der Waals surface area contributed by atoms with Crippen molar-refractivity contribution in [3.63, 3.8) is 0 Å². The van der Waals surface area contributed by atoms with Gasteiger partial charge >= 0.3 is 0 Å². The van der Waals surface area contributed by atoms with Crippen molar-refractivity contribution >= 4 is 55.9 Å². The summed E-state index contributed by atoms with van der Waals surface area (Å²) in [5, 5.41) is 10.9. The number of hydrogen-bond acceptors (Lipinski definition) is 6. The summed E-state index contributed by atoms with van der Waals surface area (Å²) in [7, 11) is 0. The van der Waals surface area contributed by atoms with Gasteiger partial charge in [-0.2, -0.15) is 0 Å². The highest BCUT2D eigenvalue weighted by Crippen LogP contribution is 2.41. The summed E-state index contributed by atoms with van der Waals surface area (Å²) >= 11 is 6.07. The van der Waals surface area contributed by atoms with Gasteiger partial charge in [-0.15, -0.1) is 11.3 Å². The predicted molar refractivity (Wildman–Crippen MR) is 103 cm³/mol. The number of aromatic nitrogens is 1. The Hall–Kier alpha value is -1.70. The SMILES string of the molecule is C=CCOc1ccc(/C=C2\SC(=N)[C@H](c3nccs3)C2=O)cc1Br. The number of carbonyl (C=O) groups excluding carboxylic acids is 1. The second kappa shape index (κ2) is 7.46. The number of Topliss-reactive ketones (excluding diaryl/α,β-unsaturated/α-hetero) is 1. The van der Waals surface area contributed by atoms with Crippen LogP contribution in [-0.4, -0.2) is 22.4 Å². The first-order chi connectivity index (χ1) is 11.6. The number of halogens is 1. The van der Waals surface area contributed by atoms with E-state index in [1.54, 1.807) is 18.3 Å². The number of rotatable bonds is 5. The van der Waals surface area contributed by atoms with E-state index in [-0.39, 0.29) is 5.78 Å². The minimum atomic E-state index is -0.556. The molecule has 122 valence electrons. The van der Waals surface area contributed by atoms with Crippen molar-refractivity contribution in [2.24, 2.45) is 0 Å². The van der Waals surface area contributed by atoms with E-state index >= 15 is 0 Å². The normalized spacial score (nSPS) is 19.0. The number of ketones is 1. The first kappa shape index (κ1) is 17.1. The summed E-state index contributed by atoms with van der Waals surface area (Å²) in [5.74, 6) is 0.0961.